The van der Waals surface area contributed by atoms with Crippen LogP contribution in [-0.2, 0) is 6.54 Å². The van der Waals surface area contributed by atoms with Gasteiger partial charge in [0, 0.05) is 30.3 Å². The van der Waals surface area contributed by atoms with Crippen molar-refractivity contribution in [2.24, 2.45) is 0 Å². The molecule has 0 atom stereocenters. The summed E-state index contributed by atoms with van der Waals surface area (Å²) in [6.45, 7) is 0.680. The number of halogens is 4. The summed E-state index contributed by atoms with van der Waals surface area (Å²) in [5, 5.41) is 4.66. The zero-order chi connectivity index (χ0) is 13.1. The average Bonchev–Trinajstić information content (AvgIpc) is 2.29. The minimum absolute atomic E-state index is 0.654. The highest BCUT2D eigenvalue weighted by Gasteiger charge is 2.02. The predicted molar refractivity (Wildman–Crippen MR) is 90.6 cm³/mol. The molecule has 0 bridgehead atoms. The van der Waals surface area contributed by atoms with Crippen molar-refractivity contribution in [1.82, 2.24) is 0 Å². The summed E-state index contributed by atoms with van der Waals surface area (Å²) in [5.74, 6) is 0. The Kier molecular flexibility index (Phi) is 5.18. The summed E-state index contributed by atoms with van der Waals surface area (Å²) in [5.41, 5.74) is 2.11. The van der Waals surface area contributed by atoms with Crippen LogP contribution in [0.3, 0.4) is 0 Å². The highest BCUT2D eigenvalue weighted by atomic mass is 127. The van der Waals surface area contributed by atoms with Gasteiger partial charge in [0.15, 0.2) is 0 Å². The van der Waals surface area contributed by atoms with Crippen molar-refractivity contribution in [1.29, 1.82) is 0 Å². The van der Waals surface area contributed by atoms with Crippen LogP contribution in [-0.4, -0.2) is 0 Å². The average molecular weight is 457 g/mol. The zero-order valence-electron chi connectivity index (χ0n) is 9.18. The van der Waals surface area contributed by atoms with Gasteiger partial charge in [-0.3, -0.25) is 0 Å². The van der Waals surface area contributed by atoms with Crippen LogP contribution in [0.25, 0.3) is 0 Å². The maximum Gasteiger partial charge on any atom is 0.0497 e. The molecule has 2 aromatic carbocycles. The lowest BCUT2D eigenvalue weighted by atomic mass is 10.2. The molecule has 0 saturated heterocycles. The summed E-state index contributed by atoms with van der Waals surface area (Å²) in [6.07, 6.45) is 0. The first-order chi connectivity index (χ1) is 8.54. The van der Waals surface area contributed by atoms with E-state index in [1.807, 2.05) is 24.3 Å². The van der Waals surface area contributed by atoms with E-state index in [0.29, 0.717) is 16.6 Å². The van der Waals surface area contributed by atoms with Gasteiger partial charge in [-0.2, -0.15) is 0 Å². The fraction of sp³-hybridized carbons (Fsp3) is 0.0769. The Bertz CT molecular complexity index is 555. The van der Waals surface area contributed by atoms with Crippen LogP contribution in [0.1, 0.15) is 5.56 Å². The van der Waals surface area contributed by atoms with Gasteiger partial charge in [-0.25, -0.2) is 0 Å². The number of hydrogen-bond donors (Lipinski definition) is 1. The Hall–Kier alpha value is 0.0300. The molecule has 5 heteroatoms. The maximum atomic E-state index is 5.97. The third-order valence-corrected chi connectivity index (χ3v) is 4.13. The molecule has 0 aliphatic carbocycles. The summed E-state index contributed by atoms with van der Waals surface area (Å²) in [4.78, 5) is 0. The molecular formula is C13H9BrCl2IN. The maximum absolute atomic E-state index is 5.97. The van der Waals surface area contributed by atoms with Gasteiger partial charge in [-0.05, 0) is 80.5 Å². The highest BCUT2D eigenvalue weighted by Crippen LogP contribution is 2.26. The molecule has 0 spiro atoms. The van der Waals surface area contributed by atoms with Crippen LogP contribution in [0.4, 0.5) is 5.69 Å². The van der Waals surface area contributed by atoms with E-state index in [1.54, 1.807) is 6.07 Å². The summed E-state index contributed by atoms with van der Waals surface area (Å²) in [7, 11) is 0. The minimum Gasteiger partial charge on any atom is -0.380 e. The van der Waals surface area contributed by atoms with Crippen LogP contribution in [0.15, 0.2) is 40.9 Å². The molecule has 0 aromatic heterocycles. The van der Waals surface area contributed by atoms with Crippen molar-refractivity contribution >= 4 is 67.4 Å². The van der Waals surface area contributed by atoms with Crippen LogP contribution >= 0.6 is 61.7 Å². The standard InChI is InChI=1S/C13H9BrCl2IN/c14-12-2-1-11(17)6-13(12)18-7-8-3-9(15)5-10(16)4-8/h1-6,18H,7H2. The number of anilines is 1. The van der Waals surface area contributed by atoms with E-state index in [-0.39, 0.29) is 0 Å². The second-order valence-electron chi connectivity index (χ2n) is 3.76. The van der Waals surface area contributed by atoms with Gasteiger partial charge < -0.3 is 5.32 Å². The Balaban J connectivity index is 2.13. The molecule has 0 fully saturated rings. The lowest BCUT2D eigenvalue weighted by molar-refractivity contribution is 1.14. The second kappa shape index (κ2) is 6.46. The molecule has 18 heavy (non-hydrogen) atoms. The molecule has 0 unspecified atom stereocenters. The first-order valence-electron chi connectivity index (χ1n) is 5.18. The number of nitrogens with one attached hydrogen (secondary N) is 1. The fourth-order valence-corrected chi connectivity index (χ4v) is 2.99. The smallest absolute Gasteiger partial charge is 0.0497 e. The third-order valence-electron chi connectivity index (χ3n) is 2.33. The van der Waals surface area contributed by atoms with Crippen molar-refractivity contribution in [3.05, 3.63) is 60.0 Å². The van der Waals surface area contributed by atoms with E-state index < -0.39 is 0 Å². The van der Waals surface area contributed by atoms with Crippen LogP contribution in [0.5, 0.6) is 0 Å². The van der Waals surface area contributed by atoms with Crippen molar-refractivity contribution < 1.29 is 0 Å². The number of hydrogen-bond acceptors (Lipinski definition) is 1. The van der Waals surface area contributed by atoms with Crippen molar-refractivity contribution in [2.75, 3.05) is 5.32 Å². The fourth-order valence-electron chi connectivity index (χ4n) is 1.54. The van der Waals surface area contributed by atoms with Crippen LogP contribution < -0.4 is 5.32 Å². The first kappa shape index (κ1) is 14.4. The van der Waals surface area contributed by atoms with Crippen LogP contribution in [0, 0.1) is 3.57 Å². The Labute approximate surface area is 138 Å². The molecule has 2 aromatic rings. The lowest BCUT2D eigenvalue weighted by Crippen LogP contribution is -2.00. The summed E-state index contributed by atoms with van der Waals surface area (Å²) in [6, 6.07) is 11.7. The van der Waals surface area contributed by atoms with Gasteiger partial charge in [-0.15, -0.1) is 0 Å². The summed E-state index contributed by atoms with van der Waals surface area (Å²) < 4.78 is 2.22. The molecule has 0 radical (unpaired) electrons. The van der Waals surface area contributed by atoms with Gasteiger partial charge in [0.2, 0.25) is 0 Å². The van der Waals surface area contributed by atoms with E-state index in [4.69, 9.17) is 23.2 Å². The van der Waals surface area contributed by atoms with Crippen LogP contribution in [0.2, 0.25) is 10.0 Å². The molecule has 0 aliphatic heterocycles. The third kappa shape index (κ3) is 4.02. The van der Waals surface area contributed by atoms with E-state index in [0.717, 1.165) is 15.7 Å². The van der Waals surface area contributed by atoms with E-state index >= 15 is 0 Å². The molecule has 0 aliphatic rings. The van der Waals surface area contributed by atoms with Gasteiger partial charge >= 0.3 is 0 Å². The molecule has 0 saturated carbocycles. The zero-order valence-corrected chi connectivity index (χ0v) is 14.4. The molecule has 94 valence electrons. The summed E-state index contributed by atoms with van der Waals surface area (Å²) >= 11 is 17.7. The van der Waals surface area contributed by atoms with E-state index in [2.05, 4.69) is 49.9 Å². The molecule has 1 N–H and O–H groups in total. The lowest BCUT2D eigenvalue weighted by Gasteiger charge is -2.10. The number of benzene rings is 2. The Morgan fingerprint density at radius 3 is 2.39 bits per heavy atom. The highest BCUT2D eigenvalue weighted by molar-refractivity contribution is 14.1. The topological polar surface area (TPSA) is 12.0 Å². The molecule has 2 rings (SSSR count). The van der Waals surface area contributed by atoms with Crippen molar-refractivity contribution in [2.45, 2.75) is 6.54 Å². The van der Waals surface area contributed by atoms with Gasteiger partial charge in [-0.1, -0.05) is 23.2 Å². The normalized spacial score (nSPS) is 10.4. The Morgan fingerprint density at radius 2 is 1.72 bits per heavy atom. The second-order valence-corrected chi connectivity index (χ2v) is 6.73. The van der Waals surface area contributed by atoms with Gasteiger partial charge in [0.05, 0.1) is 0 Å². The Morgan fingerprint density at radius 1 is 1.06 bits per heavy atom. The monoisotopic (exact) mass is 455 g/mol. The molecule has 0 amide bonds. The first-order valence-corrected chi connectivity index (χ1v) is 7.81. The van der Waals surface area contributed by atoms with E-state index in [9.17, 15) is 0 Å². The molecular weight excluding hydrogens is 448 g/mol. The molecule has 0 heterocycles. The number of rotatable bonds is 3. The SMILES string of the molecule is Clc1cc(Cl)cc(CNc2cc(I)ccc2Br)c1. The quantitative estimate of drug-likeness (QED) is 0.561. The predicted octanol–water partition coefficient (Wildman–Crippen LogP) is 5.97. The van der Waals surface area contributed by atoms with Gasteiger partial charge in [0.1, 0.15) is 0 Å². The van der Waals surface area contributed by atoms with Gasteiger partial charge in [0.25, 0.3) is 0 Å². The largest absolute Gasteiger partial charge is 0.380 e. The van der Waals surface area contributed by atoms with E-state index in [1.165, 1.54) is 3.57 Å². The van der Waals surface area contributed by atoms with Crippen molar-refractivity contribution in [3.63, 3.8) is 0 Å². The molecule has 1 nitrogen and oxygen atoms in total. The minimum atomic E-state index is 0.654. The van der Waals surface area contributed by atoms with Crippen molar-refractivity contribution in [3.8, 4) is 0 Å².